The lowest BCUT2D eigenvalue weighted by Gasteiger charge is -2.31. The van der Waals surface area contributed by atoms with Crippen LogP contribution >= 0.6 is 0 Å². The summed E-state index contributed by atoms with van der Waals surface area (Å²) in [5.41, 5.74) is 1.42. The first-order valence-corrected chi connectivity index (χ1v) is 9.59. The molecule has 1 aromatic carbocycles. The van der Waals surface area contributed by atoms with Gasteiger partial charge in [0.25, 0.3) is 0 Å². The van der Waals surface area contributed by atoms with E-state index in [0.29, 0.717) is 12.1 Å². The van der Waals surface area contributed by atoms with E-state index in [4.69, 9.17) is 4.42 Å². The molecule has 1 N–H and O–H groups in total. The smallest absolute Gasteiger partial charge is 0.408 e. The normalized spacial score (nSPS) is 17.8. The molecule has 2 heterocycles. The maximum absolute atomic E-state index is 11.9. The predicted molar refractivity (Wildman–Crippen MR) is 87.9 cm³/mol. The Kier molecular flexibility index (Phi) is 4.56. The second-order valence-corrected chi connectivity index (χ2v) is 7.77. The van der Waals surface area contributed by atoms with Gasteiger partial charge in [0.2, 0.25) is 10.0 Å². The van der Waals surface area contributed by atoms with Gasteiger partial charge < -0.3 is 9.32 Å². The largest absolute Gasteiger partial charge is 0.419 e. The van der Waals surface area contributed by atoms with Crippen molar-refractivity contribution < 1.29 is 12.8 Å². The molecular weight excluding hydrogens is 318 g/mol. The van der Waals surface area contributed by atoms with Gasteiger partial charge in [-0.15, -0.1) is 0 Å². The average Bonchev–Trinajstić information content (AvgIpc) is 2.80. The van der Waals surface area contributed by atoms with Crippen LogP contribution in [0.25, 0.3) is 11.1 Å². The SMILES string of the molecule is CS(=O)(=O)NC1CCN(CCn2c(=O)oc3ccccc32)CC1. The molecule has 1 aliphatic heterocycles. The number of benzene rings is 1. The zero-order chi connectivity index (χ0) is 16.4. The highest BCUT2D eigenvalue weighted by Gasteiger charge is 2.21. The van der Waals surface area contributed by atoms with Crippen LogP contribution in [0.3, 0.4) is 0 Å². The number of piperidine rings is 1. The third kappa shape index (κ3) is 4.01. The van der Waals surface area contributed by atoms with Crippen LogP contribution in [0.5, 0.6) is 0 Å². The average molecular weight is 339 g/mol. The minimum absolute atomic E-state index is 0.0127. The minimum Gasteiger partial charge on any atom is -0.408 e. The quantitative estimate of drug-likeness (QED) is 0.863. The first kappa shape index (κ1) is 16.2. The number of oxazole rings is 1. The number of hydrogen-bond acceptors (Lipinski definition) is 5. The molecule has 23 heavy (non-hydrogen) atoms. The van der Waals surface area contributed by atoms with Crippen LogP contribution in [0, 0.1) is 0 Å². The second-order valence-electron chi connectivity index (χ2n) is 5.99. The van der Waals surface area contributed by atoms with E-state index in [1.165, 1.54) is 6.26 Å². The molecule has 8 heteroatoms. The van der Waals surface area contributed by atoms with Gasteiger partial charge in [-0.1, -0.05) is 12.1 Å². The summed E-state index contributed by atoms with van der Waals surface area (Å²) in [6.07, 6.45) is 2.76. The molecule has 0 spiro atoms. The fraction of sp³-hybridized carbons (Fsp3) is 0.533. The van der Waals surface area contributed by atoms with Gasteiger partial charge >= 0.3 is 5.76 Å². The maximum Gasteiger partial charge on any atom is 0.419 e. The van der Waals surface area contributed by atoms with E-state index in [9.17, 15) is 13.2 Å². The molecule has 1 saturated heterocycles. The Labute approximate surface area is 134 Å². The summed E-state index contributed by atoms with van der Waals surface area (Å²) in [5, 5.41) is 0. The lowest BCUT2D eigenvalue weighted by Crippen LogP contribution is -2.45. The Hall–Kier alpha value is -1.64. The van der Waals surface area contributed by atoms with E-state index < -0.39 is 10.0 Å². The first-order chi connectivity index (χ1) is 10.9. The standard InChI is InChI=1S/C15H21N3O4S/c1-23(20,21)16-12-6-8-17(9-7-12)10-11-18-13-4-2-3-5-14(13)22-15(18)19/h2-5,12,16H,6-11H2,1H3. The van der Waals surface area contributed by atoms with Gasteiger partial charge in [-0.25, -0.2) is 17.9 Å². The molecular formula is C15H21N3O4S. The molecule has 0 aliphatic carbocycles. The zero-order valence-electron chi connectivity index (χ0n) is 13.1. The van der Waals surface area contributed by atoms with Crippen molar-refractivity contribution in [3.05, 3.63) is 34.8 Å². The number of hydrogen-bond donors (Lipinski definition) is 1. The zero-order valence-corrected chi connectivity index (χ0v) is 13.9. The lowest BCUT2D eigenvalue weighted by molar-refractivity contribution is 0.200. The highest BCUT2D eigenvalue weighted by atomic mass is 32.2. The minimum atomic E-state index is -3.15. The van der Waals surface area contributed by atoms with Crippen LogP contribution in [0.4, 0.5) is 0 Å². The molecule has 0 saturated carbocycles. The summed E-state index contributed by atoms with van der Waals surface area (Å²) in [4.78, 5) is 14.2. The highest BCUT2D eigenvalue weighted by molar-refractivity contribution is 7.88. The van der Waals surface area contributed by atoms with Gasteiger partial charge in [-0.2, -0.15) is 0 Å². The summed E-state index contributed by atoms with van der Waals surface area (Å²) < 4.78 is 32.0. The van der Waals surface area contributed by atoms with Gasteiger partial charge in [0.1, 0.15) is 0 Å². The van der Waals surface area contributed by atoms with Crippen molar-refractivity contribution in [2.75, 3.05) is 25.9 Å². The summed E-state index contributed by atoms with van der Waals surface area (Å²) in [7, 11) is -3.15. The molecule has 0 unspecified atom stereocenters. The molecule has 2 aromatic rings. The monoisotopic (exact) mass is 339 g/mol. The van der Waals surface area contributed by atoms with Gasteiger partial charge in [0.05, 0.1) is 11.8 Å². The predicted octanol–water partition coefficient (Wildman–Crippen LogP) is 0.608. The molecule has 0 bridgehead atoms. The molecule has 1 aromatic heterocycles. The van der Waals surface area contributed by atoms with Crippen molar-refractivity contribution in [3.8, 4) is 0 Å². The van der Waals surface area contributed by atoms with Crippen LogP contribution in [0.1, 0.15) is 12.8 Å². The van der Waals surface area contributed by atoms with E-state index in [1.54, 1.807) is 10.6 Å². The topological polar surface area (TPSA) is 84.5 Å². The van der Waals surface area contributed by atoms with Gasteiger partial charge in [0.15, 0.2) is 5.58 Å². The molecule has 1 fully saturated rings. The maximum atomic E-state index is 11.9. The summed E-state index contributed by atoms with van der Waals surface area (Å²) in [6.45, 7) is 2.95. The van der Waals surface area contributed by atoms with Crippen molar-refractivity contribution in [1.29, 1.82) is 0 Å². The molecule has 3 rings (SSSR count). The van der Waals surface area contributed by atoms with Crippen LogP contribution in [0.15, 0.2) is 33.5 Å². The van der Waals surface area contributed by atoms with Crippen molar-refractivity contribution in [1.82, 2.24) is 14.2 Å². The number of aromatic nitrogens is 1. The molecule has 0 radical (unpaired) electrons. The van der Waals surface area contributed by atoms with Crippen LogP contribution in [-0.4, -0.2) is 49.8 Å². The van der Waals surface area contributed by atoms with Gasteiger partial charge in [-0.05, 0) is 38.1 Å². The van der Waals surface area contributed by atoms with Gasteiger partial charge in [0, 0.05) is 19.1 Å². The molecule has 1 aliphatic rings. The first-order valence-electron chi connectivity index (χ1n) is 7.70. The van der Waals surface area contributed by atoms with Crippen LogP contribution in [-0.2, 0) is 16.6 Å². The van der Waals surface area contributed by atoms with Crippen LogP contribution in [0.2, 0.25) is 0 Å². The number of para-hydroxylation sites is 2. The Morgan fingerprint density at radius 3 is 2.61 bits per heavy atom. The fourth-order valence-electron chi connectivity index (χ4n) is 3.04. The number of nitrogens with zero attached hydrogens (tertiary/aromatic N) is 2. The van der Waals surface area contributed by atoms with E-state index >= 15 is 0 Å². The summed E-state index contributed by atoms with van der Waals surface area (Å²) in [6, 6.07) is 7.40. The summed E-state index contributed by atoms with van der Waals surface area (Å²) >= 11 is 0. The van der Waals surface area contributed by atoms with Crippen LogP contribution < -0.4 is 10.5 Å². The molecule has 0 amide bonds. The van der Waals surface area contributed by atoms with Crippen molar-refractivity contribution in [3.63, 3.8) is 0 Å². The van der Waals surface area contributed by atoms with Crippen molar-refractivity contribution >= 4 is 21.1 Å². The van der Waals surface area contributed by atoms with E-state index in [2.05, 4.69) is 9.62 Å². The Morgan fingerprint density at radius 1 is 1.22 bits per heavy atom. The van der Waals surface area contributed by atoms with Gasteiger partial charge in [-0.3, -0.25) is 4.57 Å². The number of likely N-dealkylation sites (tertiary alicyclic amines) is 1. The number of fused-ring (bicyclic) bond motifs is 1. The number of rotatable bonds is 5. The number of sulfonamides is 1. The molecule has 0 atom stereocenters. The Morgan fingerprint density at radius 2 is 1.91 bits per heavy atom. The lowest BCUT2D eigenvalue weighted by atomic mass is 10.1. The van der Waals surface area contributed by atoms with E-state index in [-0.39, 0.29) is 11.8 Å². The van der Waals surface area contributed by atoms with Crippen molar-refractivity contribution in [2.24, 2.45) is 0 Å². The molecule has 126 valence electrons. The van der Waals surface area contributed by atoms with E-state index in [0.717, 1.165) is 38.0 Å². The highest BCUT2D eigenvalue weighted by Crippen LogP contribution is 2.14. The second kappa shape index (κ2) is 6.46. The number of nitrogens with one attached hydrogen (secondary N) is 1. The Balaban J connectivity index is 1.57. The summed E-state index contributed by atoms with van der Waals surface area (Å²) in [5.74, 6) is -0.333. The third-order valence-corrected chi connectivity index (χ3v) is 4.94. The Bertz CT molecular complexity index is 832. The third-order valence-electron chi connectivity index (χ3n) is 4.18. The van der Waals surface area contributed by atoms with Crippen molar-refractivity contribution in [2.45, 2.75) is 25.4 Å². The fourth-order valence-corrected chi connectivity index (χ4v) is 3.89. The molecule has 7 nitrogen and oxygen atoms in total. The van der Waals surface area contributed by atoms with E-state index in [1.807, 2.05) is 18.2 Å².